The number of hydrogen-bond donors (Lipinski definition) is 0. The van der Waals surface area contributed by atoms with E-state index in [2.05, 4.69) is 6.92 Å². The summed E-state index contributed by atoms with van der Waals surface area (Å²) in [6.07, 6.45) is 6.99. The number of fused-ring (bicyclic) bond motifs is 1. The van der Waals surface area contributed by atoms with Crippen molar-refractivity contribution in [3.8, 4) is 0 Å². The van der Waals surface area contributed by atoms with Crippen molar-refractivity contribution in [1.82, 2.24) is 0 Å². The molecule has 0 saturated heterocycles. The third-order valence-electron chi connectivity index (χ3n) is 5.26. The lowest BCUT2D eigenvalue weighted by Crippen LogP contribution is -2.16. The highest BCUT2D eigenvalue weighted by Crippen LogP contribution is 2.36. The Hall–Kier alpha value is -1.77. The summed E-state index contributed by atoms with van der Waals surface area (Å²) in [5, 5.41) is 0. The summed E-state index contributed by atoms with van der Waals surface area (Å²) in [7, 11) is 0. The molecular formula is C22H25F3. The average Bonchev–Trinajstić information content (AvgIpc) is 2.58. The number of rotatable bonds is 6. The minimum absolute atomic E-state index is 0.173. The second-order valence-corrected chi connectivity index (χ2v) is 7.14. The highest BCUT2D eigenvalue weighted by atomic mass is 19.1. The van der Waals surface area contributed by atoms with Gasteiger partial charge >= 0.3 is 0 Å². The van der Waals surface area contributed by atoms with Crippen molar-refractivity contribution < 1.29 is 13.2 Å². The third kappa shape index (κ3) is 4.26. The molecule has 3 heteroatoms. The fourth-order valence-electron chi connectivity index (χ4n) is 3.90. The molecule has 1 atom stereocenters. The van der Waals surface area contributed by atoms with Gasteiger partial charge < -0.3 is 0 Å². The Bertz CT molecular complexity index is 713. The van der Waals surface area contributed by atoms with Gasteiger partial charge in [0.25, 0.3) is 0 Å². The van der Waals surface area contributed by atoms with Gasteiger partial charge in [-0.25, -0.2) is 13.2 Å². The van der Waals surface area contributed by atoms with Crippen LogP contribution in [0.3, 0.4) is 0 Å². The molecule has 0 spiro atoms. The van der Waals surface area contributed by atoms with Crippen LogP contribution in [0, 0.1) is 17.5 Å². The maximum atomic E-state index is 14.6. The molecule has 0 saturated carbocycles. The first-order valence-corrected chi connectivity index (χ1v) is 9.33. The molecule has 0 bridgehead atoms. The standard InChI is InChI=1S/C22H25F3/c1-2-3-4-5-6-15-11-20(24)22(21(25)12-15)17-8-7-16-9-10-19(23)14-18(16)13-17/h9-12,14,17H,2-8,13H2,1H3. The summed E-state index contributed by atoms with van der Waals surface area (Å²) < 4.78 is 42.7. The number of unbranched alkanes of at least 4 members (excludes halogenated alkanes) is 3. The molecule has 0 fully saturated rings. The largest absolute Gasteiger partial charge is 0.207 e. The highest BCUT2D eigenvalue weighted by Gasteiger charge is 2.26. The minimum atomic E-state index is -0.449. The van der Waals surface area contributed by atoms with Gasteiger partial charge in [-0.2, -0.15) is 0 Å². The fourth-order valence-corrected chi connectivity index (χ4v) is 3.90. The van der Waals surface area contributed by atoms with E-state index in [1.807, 2.05) is 0 Å². The van der Waals surface area contributed by atoms with Crippen LogP contribution in [-0.4, -0.2) is 0 Å². The first-order valence-electron chi connectivity index (χ1n) is 9.33. The van der Waals surface area contributed by atoms with E-state index in [4.69, 9.17) is 0 Å². The highest BCUT2D eigenvalue weighted by molar-refractivity contribution is 5.36. The summed E-state index contributed by atoms with van der Waals surface area (Å²) in [5.41, 5.74) is 2.87. The first kappa shape index (κ1) is 18.0. The molecule has 25 heavy (non-hydrogen) atoms. The van der Waals surface area contributed by atoms with Gasteiger partial charge in [-0.15, -0.1) is 0 Å². The maximum Gasteiger partial charge on any atom is 0.129 e. The molecule has 3 rings (SSSR count). The van der Waals surface area contributed by atoms with Crippen LogP contribution < -0.4 is 0 Å². The molecule has 1 unspecified atom stereocenters. The Morgan fingerprint density at radius 2 is 1.68 bits per heavy atom. The Labute approximate surface area is 148 Å². The summed E-state index contributed by atoms with van der Waals surface area (Å²) in [5.74, 6) is -1.41. The number of benzene rings is 2. The van der Waals surface area contributed by atoms with Crippen LogP contribution in [0.15, 0.2) is 30.3 Å². The fraction of sp³-hybridized carbons (Fsp3) is 0.455. The maximum absolute atomic E-state index is 14.6. The number of aryl methyl sites for hydroxylation is 2. The van der Waals surface area contributed by atoms with E-state index < -0.39 is 11.6 Å². The monoisotopic (exact) mass is 346 g/mol. The molecule has 134 valence electrons. The molecule has 0 N–H and O–H groups in total. The molecule has 0 radical (unpaired) electrons. The van der Waals surface area contributed by atoms with Gasteiger partial charge in [-0.3, -0.25) is 0 Å². The summed E-state index contributed by atoms with van der Waals surface area (Å²) in [6.45, 7) is 2.14. The van der Waals surface area contributed by atoms with Crippen molar-refractivity contribution in [3.05, 3.63) is 70.0 Å². The summed E-state index contributed by atoms with van der Waals surface area (Å²) in [6, 6.07) is 7.72. The second-order valence-electron chi connectivity index (χ2n) is 7.14. The van der Waals surface area contributed by atoms with E-state index in [9.17, 15) is 13.2 Å². The van der Waals surface area contributed by atoms with E-state index in [-0.39, 0.29) is 17.3 Å². The summed E-state index contributed by atoms with van der Waals surface area (Å²) in [4.78, 5) is 0. The van der Waals surface area contributed by atoms with Gasteiger partial charge in [0.05, 0.1) is 0 Å². The van der Waals surface area contributed by atoms with Crippen molar-refractivity contribution in [2.45, 2.75) is 64.2 Å². The van der Waals surface area contributed by atoms with Crippen LogP contribution in [0.5, 0.6) is 0 Å². The van der Waals surface area contributed by atoms with Crippen LogP contribution in [0.25, 0.3) is 0 Å². The van der Waals surface area contributed by atoms with Crippen LogP contribution in [-0.2, 0) is 19.3 Å². The smallest absolute Gasteiger partial charge is 0.129 e. The molecule has 0 nitrogen and oxygen atoms in total. The molecule has 0 aromatic heterocycles. The van der Waals surface area contributed by atoms with E-state index in [1.165, 1.54) is 24.3 Å². The van der Waals surface area contributed by atoms with Crippen molar-refractivity contribution in [2.75, 3.05) is 0 Å². The van der Waals surface area contributed by atoms with E-state index >= 15 is 0 Å². The molecule has 2 aromatic rings. The number of hydrogen-bond acceptors (Lipinski definition) is 0. The molecule has 0 heterocycles. The first-order chi connectivity index (χ1) is 12.1. The van der Waals surface area contributed by atoms with Crippen LogP contribution in [0.1, 0.15) is 67.2 Å². The lowest BCUT2D eigenvalue weighted by molar-refractivity contribution is 0.487. The Morgan fingerprint density at radius 1 is 0.920 bits per heavy atom. The predicted molar refractivity (Wildman–Crippen MR) is 95.4 cm³/mol. The molecule has 0 aliphatic heterocycles. The second kappa shape index (κ2) is 8.07. The topological polar surface area (TPSA) is 0 Å². The Balaban J connectivity index is 1.76. The van der Waals surface area contributed by atoms with Crippen molar-refractivity contribution in [2.24, 2.45) is 0 Å². The zero-order valence-corrected chi connectivity index (χ0v) is 14.8. The zero-order valence-electron chi connectivity index (χ0n) is 14.8. The van der Waals surface area contributed by atoms with Gasteiger partial charge in [0.1, 0.15) is 17.5 Å². The number of halogens is 3. The van der Waals surface area contributed by atoms with Gasteiger partial charge in [-0.05, 0) is 79.0 Å². The molecular weight excluding hydrogens is 321 g/mol. The lowest BCUT2D eigenvalue weighted by Gasteiger charge is -2.26. The molecule has 2 aromatic carbocycles. The third-order valence-corrected chi connectivity index (χ3v) is 5.26. The van der Waals surface area contributed by atoms with Crippen molar-refractivity contribution >= 4 is 0 Å². The van der Waals surface area contributed by atoms with Crippen LogP contribution >= 0.6 is 0 Å². The Kier molecular flexibility index (Phi) is 5.82. The SMILES string of the molecule is CCCCCCc1cc(F)c(C2CCc3ccc(F)cc3C2)c(F)c1. The quantitative estimate of drug-likeness (QED) is 0.524. The summed E-state index contributed by atoms with van der Waals surface area (Å²) >= 11 is 0. The Morgan fingerprint density at radius 3 is 2.40 bits per heavy atom. The lowest BCUT2D eigenvalue weighted by atomic mass is 9.79. The van der Waals surface area contributed by atoms with Gasteiger partial charge in [0.15, 0.2) is 0 Å². The zero-order chi connectivity index (χ0) is 17.8. The molecule has 1 aliphatic carbocycles. The van der Waals surface area contributed by atoms with E-state index in [1.54, 1.807) is 6.07 Å². The normalized spacial score (nSPS) is 16.7. The minimum Gasteiger partial charge on any atom is -0.207 e. The molecule has 0 amide bonds. The predicted octanol–water partition coefficient (Wildman–Crippen LogP) is 6.50. The van der Waals surface area contributed by atoms with Gasteiger partial charge in [-0.1, -0.05) is 32.3 Å². The van der Waals surface area contributed by atoms with Crippen LogP contribution in [0.2, 0.25) is 0 Å². The average molecular weight is 346 g/mol. The van der Waals surface area contributed by atoms with Gasteiger partial charge in [0, 0.05) is 5.56 Å². The van der Waals surface area contributed by atoms with Crippen LogP contribution in [0.4, 0.5) is 13.2 Å². The van der Waals surface area contributed by atoms with E-state index in [0.717, 1.165) is 48.8 Å². The van der Waals surface area contributed by atoms with E-state index in [0.29, 0.717) is 19.3 Å². The van der Waals surface area contributed by atoms with Crippen molar-refractivity contribution in [3.63, 3.8) is 0 Å². The molecule has 1 aliphatic rings. The van der Waals surface area contributed by atoms with Crippen molar-refractivity contribution in [1.29, 1.82) is 0 Å². The van der Waals surface area contributed by atoms with Gasteiger partial charge in [0.2, 0.25) is 0 Å².